The zero-order valence-corrected chi connectivity index (χ0v) is 12.4. The Hall–Kier alpha value is -0.0800. The summed E-state index contributed by atoms with van der Waals surface area (Å²) in [6.45, 7) is 7.52. The molecule has 1 saturated carbocycles. The van der Waals surface area contributed by atoms with Crippen molar-refractivity contribution >= 4 is 0 Å². The minimum absolute atomic E-state index is 0.447. The van der Waals surface area contributed by atoms with Crippen molar-refractivity contribution in [1.82, 2.24) is 4.90 Å². The van der Waals surface area contributed by atoms with Crippen molar-refractivity contribution in [1.29, 1.82) is 0 Å². The number of nitrogens with zero attached hydrogens (tertiary/aromatic N) is 1. The average Bonchev–Trinajstić information content (AvgIpc) is 2.43. The Labute approximate surface area is 113 Å². The first-order valence-corrected chi connectivity index (χ1v) is 8.06. The number of likely N-dealkylation sites (tertiary alicyclic amines) is 1. The molecule has 0 aromatic rings. The molecule has 2 aliphatic rings. The Morgan fingerprint density at radius 3 is 2.00 bits per heavy atom. The topological polar surface area (TPSA) is 23.5 Å². The molecule has 2 rings (SSSR count). The third-order valence-corrected chi connectivity index (χ3v) is 5.67. The maximum Gasteiger partial charge on any atom is 0.0768 e. The number of hydrogen-bond acceptors (Lipinski definition) is 2. The SMILES string of the molecule is CCC(O)(CC)CN1CCC2(CCCCC2)CC1. The van der Waals surface area contributed by atoms with E-state index in [1.165, 1.54) is 58.0 Å². The second-order valence-corrected chi connectivity index (χ2v) is 6.77. The molecule has 18 heavy (non-hydrogen) atoms. The minimum atomic E-state index is -0.447. The summed E-state index contributed by atoms with van der Waals surface area (Å²) in [5.41, 5.74) is 0.238. The second kappa shape index (κ2) is 5.92. The molecule has 0 aromatic heterocycles. The van der Waals surface area contributed by atoms with Crippen molar-refractivity contribution in [3.8, 4) is 0 Å². The first-order valence-electron chi connectivity index (χ1n) is 8.06. The van der Waals surface area contributed by atoms with E-state index in [2.05, 4.69) is 18.7 Å². The van der Waals surface area contributed by atoms with Crippen LogP contribution in [-0.4, -0.2) is 35.2 Å². The van der Waals surface area contributed by atoms with Gasteiger partial charge in [-0.05, 0) is 57.0 Å². The van der Waals surface area contributed by atoms with Crippen molar-refractivity contribution in [2.24, 2.45) is 5.41 Å². The van der Waals surface area contributed by atoms with Crippen LogP contribution in [-0.2, 0) is 0 Å². The van der Waals surface area contributed by atoms with E-state index in [1.54, 1.807) is 0 Å². The predicted octanol–water partition coefficient (Wildman–Crippen LogP) is 3.58. The summed E-state index contributed by atoms with van der Waals surface area (Å²) in [5, 5.41) is 10.4. The molecule has 0 aromatic carbocycles. The molecule has 2 fully saturated rings. The smallest absolute Gasteiger partial charge is 0.0768 e. The van der Waals surface area contributed by atoms with Gasteiger partial charge in [-0.1, -0.05) is 33.1 Å². The third-order valence-electron chi connectivity index (χ3n) is 5.67. The molecule has 0 atom stereocenters. The molecule has 1 aliphatic carbocycles. The first-order chi connectivity index (χ1) is 8.61. The van der Waals surface area contributed by atoms with Gasteiger partial charge in [-0.25, -0.2) is 0 Å². The highest BCUT2D eigenvalue weighted by Crippen LogP contribution is 2.44. The van der Waals surface area contributed by atoms with Gasteiger partial charge in [-0.15, -0.1) is 0 Å². The van der Waals surface area contributed by atoms with Crippen LogP contribution < -0.4 is 0 Å². The molecular weight excluding hydrogens is 222 g/mol. The summed E-state index contributed by atoms with van der Waals surface area (Å²) < 4.78 is 0. The van der Waals surface area contributed by atoms with E-state index in [-0.39, 0.29) is 0 Å². The zero-order valence-electron chi connectivity index (χ0n) is 12.4. The summed E-state index contributed by atoms with van der Waals surface area (Å²) in [5.74, 6) is 0. The van der Waals surface area contributed by atoms with Crippen molar-refractivity contribution in [2.75, 3.05) is 19.6 Å². The Balaban J connectivity index is 1.82. The van der Waals surface area contributed by atoms with Crippen LogP contribution in [0.3, 0.4) is 0 Å². The van der Waals surface area contributed by atoms with Crippen LogP contribution in [0.15, 0.2) is 0 Å². The lowest BCUT2D eigenvalue weighted by Gasteiger charge is -2.46. The summed E-state index contributed by atoms with van der Waals surface area (Å²) in [4.78, 5) is 2.51. The lowest BCUT2D eigenvalue weighted by Crippen LogP contribution is -2.48. The lowest BCUT2D eigenvalue weighted by molar-refractivity contribution is -0.0255. The normalized spacial score (nSPS) is 25.5. The number of β-amino-alcohol motifs (C(OH)–C–C–N with tert-alkyl or cyclic N) is 1. The van der Waals surface area contributed by atoms with Crippen LogP contribution in [0, 0.1) is 5.41 Å². The van der Waals surface area contributed by atoms with E-state index < -0.39 is 5.60 Å². The average molecular weight is 253 g/mol. The Bertz CT molecular complexity index is 244. The summed E-state index contributed by atoms with van der Waals surface area (Å²) >= 11 is 0. The van der Waals surface area contributed by atoms with Gasteiger partial charge in [0.05, 0.1) is 5.60 Å². The van der Waals surface area contributed by atoms with Gasteiger partial charge in [-0.3, -0.25) is 0 Å². The molecule has 1 aliphatic heterocycles. The molecule has 0 amide bonds. The molecule has 0 bridgehead atoms. The van der Waals surface area contributed by atoms with Gasteiger partial charge in [0.25, 0.3) is 0 Å². The fraction of sp³-hybridized carbons (Fsp3) is 1.00. The molecule has 2 heteroatoms. The van der Waals surface area contributed by atoms with Gasteiger partial charge >= 0.3 is 0 Å². The molecule has 1 heterocycles. The molecule has 106 valence electrons. The Kier molecular flexibility index (Phi) is 4.71. The third kappa shape index (κ3) is 3.27. The van der Waals surface area contributed by atoms with Crippen molar-refractivity contribution in [3.05, 3.63) is 0 Å². The van der Waals surface area contributed by atoms with Gasteiger partial charge in [0, 0.05) is 6.54 Å². The molecule has 0 unspecified atom stereocenters. The first kappa shape index (κ1) is 14.3. The summed E-state index contributed by atoms with van der Waals surface area (Å²) in [6.07, 6.45) is 11.8. The highest BCUT2D eigenvalue weighted by atomic mass is 16.3. The number of aliphatic hydroxyl groups is 1. The molecule has 1 saturated heterocycles. The molecular formula is C16H31NO. The van der Waals surface area contributed by atoms with Gasteiger partial charge in [0.1, 0.15) is 0 Å². The Morgan fingerprint density at radius 2 is 1.50 bits per heavy atom. The Morgan fingerprint density at radius 1 is 0.944 bits per heavy atom. The molecule has 2 nitrogen and oxygen atoms in total. The van der Waals surface area contributed by atoms with Crippen LogP contribution >= 0.6 is 0 Å². The van der Waals surface area contributed by atoms with E-state index in [0.717, 1.165) is 19.4 Å². The van der Waals surface area contributed by atoms with E-state index >= 15 is 0 Å². The maximum absolute atomic E-state index is 10.4. The monoisotopic (exact) mass is 253 g/mol. The molecule has 0 radical (unpaired) electrons. The fourth-order valence-corrected chi connectivity index (χ4v) is 3.88. The van der Waals surface area contributed by atoms with Gasteiger partial charge in [-0.2, -0.15) is 0 Å². The highest BCUT2D eigenvalue weighted by Gasteiger charge is 2.37. The predicted molar refractivity (Wildman–Crippen MR) is 76.7 cm³/mol. The van der Waals surface area contributed by atoms with Crippen molar-refractivity contribution < 1.29 is 5.11 Å². The van der Waals surface area contributed by atoms with Crippen LogP contribution in [0.4, 0.5) is 0 Å². The van der Waals surface area contributed by atoms with Gasteiger partial charge in [0.15, 0.2) is 0 Å². The second-order valence-electron chi connectivity index (χ2n) is 6.77. The van der Waals surface area contributed by atoms with Crippen LogP contribution in [0.25, 0.3) is 0 Å². The van der Waals surface area contributed by atoms with E-state index in [4.69, 9.17) is 0 Å². The van der Waals surface area contributed by atoms with Gasteiger partial charge in [0.2, 0.25) is 0 Å². The summed E-state index contributed by atoms with van der Waals surface area (Å²) in [6, 6.07) is 0. The lowest BCUT2D eigenvalue weighted by atomic mass is 9.68. The zero-order chi connectivity index (χ0) is 13.1. The number of piperidine rings is 1. The van der Waals surface area contributed by atoms with E-state index in [1.807, 2.05) is 0 Å². The fourth-order valence-electron chi connectivity index (χ4n) is 3.88. The van der Waals surface area contributed by atoms with Crippen molar-refractivity contribution in [2.45, 2.75) is 77.2 Å². The molecule has 1 N–H and O–H groups in total. The summed E-state index contributed by atoms with van der Waals surface area (Å²) in [7, 11) is 0. The van der Waals surface area contributed by atoms with Gasteiger partial charge < -0.3 is 10.0 Å². The van der Waals surface area contributed by atoms with E-state index in [0.29, 0.717) is 5.41 Å². The number of hydrogen-bond donors (Lipinski definition) is 1. The van der Waals surface area contributed by atoms with Crippen LogP contribution in [0.2, 0.25) is 0 Å². The largest absolute Gasteiger partial charge is 0.389 e. The number of rotatable bonds is 4. The van der Waals surface area contributed by atoms with Crippen molar-refractivity contribution in [3.63, 3.8) is 0 Å². The van der Waals surface area contributed by atoms with Crippen LogP contribution in [0.5, 0.6) is 0 Å². The maximum atomic E-state index is 10.4. The highest BCUT2D eigenvalue weighted by molar-refractivity contribution is 4.90. The van der Waals surface area contributed by atoms with Crippen LogP contribution in [0.1, 0.15) is 71.6 Å². The molecule has 1 spiro atoms. The quantitative estimate of drug-likeness (QED) is 0.827. The standard InChI is InChI=1S/C16H31NO/c1-3-16(18,4-2)14-17-12-10-15(11-13-17)8-6-5-7-9-15/h18H,3-14H2,1-2H3. The van der Waals surface area contributed by atoms with E-state index in [9.17, 15) is 5.11 Å². The minimum Gasteiger partial charge on any atom is -0.389 e.